The van der Waals surface area contributed by atoms with Gasteiger partial charge in [0.2, 0.25) is 0 Å². The van der Waals surface area contributed by atoms with E-state index in [9.17, 15) is 0 Å². The van der Waals surface area contributed by atoms with Gasteiger partial charge < -0.3 is 10.4 Å². The van der Waals surface area contributed by atoms with Gasteiger partial charge in [-0.15, -0.1) is 24.0 Å². The lowest BCUT2D eigenvalue weighted by atomic mass is 10.1. The molecule has 0 unspecified atom stereocenters. The molecule has 0 saturated heterocycles. The van der Waals surface area contributed by atoms with E-state index in [0.29, 0.717) is 0 Å². The maximum Gasteiger partial charge on any atom is 0.0555 e. The summed E-state index contributed by atoms with van der Waals surface area (Å²) in [4.78, 5) is 0. The van der Waals surface area contributed by atoms with Gasteiger partial charge >= 0.3 is 0 Å². The van der Waals surface area contributed by atoms with Crippen molar-refractivity contribution < 1.29 is 5.11 Å². The van der Waals surface area contributed by atoms with Crippen molar-refractivity contribution in [2.45, 2.75) is 77.6 Å². The third-order valence-corrected chi connectivity index (χ3v) is 3.25. The number of hydrogen-bond acceptors (Lipinski definition) is 2. The number of aliphatic hydroxyl groups excluding tert-OH is 1. The third kappa shape index (κ3) is 19.0. The first-order valence-electron chi connectivity index (χ1n) is 7.73. The molecule has 18 heavy (non-hydrogen) atoms. The molecule has 0 aromatic heterocycles. The molecule has 3 heteroatoms. The summed E-state index contributed by atoms with van der Waals surface area (Å²) < 4.78 is 0. The average Bonchev–Trinajstić information content (AvgIpc) is 2.35. The van der Waals surface area contributed by atoms with Crippen LogP contribution < -0.4 is 5.32 Å². The van der Waals surface area contributed by atoms with Crippen LogP contribution in [-0.2, 0) is 0 Å². The number of nitrogens with one attached hydrogen (secondary N) is 1. The number of halogens is 1. The highest BCUT2D eigenvalue weighted by molar-refractivity contribution is 14.0. The van der Waals surface area contributed by atoms with Crippen molar-refractivity contribution >= 4 is 24.0 Å². The first-order valence-corrected chi connectivity index (χ1v) is 7.73. The van der Waals surface area contributed by atoms with Gasteiger partial charge in [0, 0.05) is 6.54 Å². The van der Waals surface area contributed by atoms with Crippen LogP contribution in [0, 0.1) is 0 Å². The zero-order valence-corrected chi connectivity index (χ0v) is 14.6. The van der Waals surface area contributed by atoms with Crippen LogP contribution in [0.25, 0.3) is 0 Å². The van der Waals surface area contributed by atoms with Gasteiger partial charge in [0.05, 0.1) is 6.61 Å². The molecule has 2 nitrogen and oxygen atoms in total. The predicted octanol–water partition coefficient (Wildman–Crippen LogP) is 4.50. The van der Waals surface area contributed by atoms with Crippen molar-refractivity contribution in [2.24, 2.45) is 0 Å². The molecular formula is C15H34INO. The Morgan fingerprint density at radius 2 is 1.11 bits per heavy atom. The first kappa shape index (κ1) is 21.0. The fourth-order valence-corrected chi connectivity index (χ4v) is 2.12. The van der Waals surface area contributed by atoms with Crippen LogP contribution in [-0.4, -0.2) is 24.8 Å². The molecule has 0 saturated carbocycles. The summed E-state index contributed by atoms with van der Waals surface area (Å²) in [6.45, 7) is 4.35. The van der Waals surface area contributed by atoms with Crippen molar-refractivity contribution in [1.82, 2.24) is 5.32 Å². The maximum absolute atomic E-state index is 8.58. The molecule has 0 atom stereocenters. The van der Waals surface area contributed by atoms with Crippen molar-refractivity contribution in [3.05, 3.63) is 0 Å². The van der Waals surface area contributed by atoms with Crippen LogP contribution in [0.15, 0.2) is 0 Å². The molecule has 0 radical (unpaired) electrons. The Labute approximate surface area is 131 Å². The molecule has 0 aliphatic carbocycles. The molecule has 0 aromatic rings. The standard InChI is InChI=1S/C15H33NO.HI/c1-2-3-4-5-6-7-8-9-10-11-12-13-16-14-15-17;/h16-17H,2-15H2,1H3;1H. The second-order valence-corrected chi connectivity index (χ2v) is 5.01. The van der Waals surface area contributed by atoms with Crippen LogP contribution in [0.2, 0.25) is 0 Å². The molecule has 0 aliphatic rings. The van der Waals surface area contributed by atoms with Gasteiger partial charge in [-0.1, -0.05) is 71.1 Å². The van der Waals surface area contributed by atoms with E-state index in [-0.39, 0.29) is 30.6 Å². The van der Waals surface area contributed by atoms with Crippen LogP contribution in [0.5, 0.6) is 0 Å². The van der Waals surface area contributed by atoms with Crippen molar-refractivity contribution in [3.8, 4) is 0 Å². The minimum absolute atomic E-state index is 0. The van der Waals surface area contributed by atoms with Crippen molar-refractivity contribution in [1.29, 1.82) is 0 Å². The Kier molecular flexibility index (Phi) is 23.3. The summed E-state index contributed by atoms with van der Waals surface area (Å²) in [6.07, 6.45) is 15.4. The molecule has 0 bridgehead atoms. The zero-order chi connectivity index (χ0) is 12.6. The Morgan fingerprint density at radius 3 is 1.56 bits per heavy atom. The number of aliphatic hydroxyl groups is 1. The second-order valence-electron chi connectivity index (χ2n) is 5.01. The van der Waals surface area contributed by atoms with Gasteiger partial charge in [0.25, 0.3) is 0 Å². The summed E-state index contributed by atoms with van der Waals surface area (Å²) >= 11 is 0. The largest absolute Gasteiger partial charge is 0.395 e. The van der Waals surface area contributed by atoms with Crippen molar-refractivity contribution in [2.75, 3.05) is 19.7 Å². The monoisotopic (exact) mass is 371 g/mol. The van der Waals surface area contributed by atoms with E-state index in [4.69, 9.17) is 5.11 Å². The van der Waals surface area contributed by atoms with Crippen LogP contribution in [0.1, 0.15) is 77.6 Å². The van der Waals surface area contributed by atoms with Gasteiger partial charge in [-0.2, -0.15) is 0 Å². The molecule has 0 aromatic carbocycles. The molecule has 112 valence electrons. The Morgan fingerprint density at radius 1 is 0.667 bits per heavy atom. The summed E-state index contributed by atoms with van der Waals surface area (Å²) in [6, 6.07) is 0. The predicted molar refractivity (Wildman–Crippen MR) is 91.8 cm³/mol. The van der Waals surface area contributed by atoms with E-state index in [1.165, 1.54) is 70.6 Å². The quantitative estimate of drug-likeness (QED) is 0.348. The van der Waals surface area contributed by atoms with Gasteiger partial charge in [-0.3, -0.25) is 0 Å². The van der Waals surface area contributed by atoms with Crippen LogP contribution in [0.4, 0.5) is 0 Å². The minimum atomic E-state index is 0. The third-order valence-electron chi connectivity index (χ3n) is 3.25. The summed E-state index contributed by atoms with van der Waals surface area (Å²) in [5, 5.41) is 11.8. The van der Waals surface area contributed by atoms with Gasteiger partial charge in [-0.05, 0) is 13.0 Å². The molecule has 0 rings (SSSR count). The Hall–Kier alpha value is 0.650. The van der Waals surface area contributed by atoms with E-state index in [1.807, 2.05) is 0 Å². The van der Waals surface area contributed by atoms with Gasteiger partial charge in [0.1, 0.15) is 0 Å². The molecule has 0 spiro atoms. The molecular weight excluding hydrogens is 337 g/mol. The first-order chi connectivity index (χ1) is 8.41. The lowest BCUT2D eigenvalue weighted by Gasteiger charge is -2.03. The molecule has 0 aliphatic heterocycles. The minimum Gasteiger partial charge on any atom is -0.395 e. The fraction of sp³-hybridized carbons (Fsp3) is 1.00. The highest BCUT2D eigenvalue weighted by Gasteiger charge is 1.92. The average molecular weight is 371 g/mol. The highest BCUT2D eigenvalue weighted by Crippen LogP contribution is 2.10. The SMILES string of the molecule is CCCCCCCCCCCCCNCCO.I. The molecule has 0 amide bonds. The number of hydrogen-bond donors (Lipinski definition) is 2. The van der Waals surface area contributed by atoms with Crippen LogP contribution in [0.3, 0.4) is 0 Å². The van der Waals surface area contributed by atoms with E-state index < -0.39 is 0 Å². The summed E-state index contributed by atoms with van der Waals surface area (Å²) in [7, 11) is 0. The lowest BCUT2D eigenvalue weighted by Crippen LogP contribution is -2.19. The van der Waals surface area contributed by atoms with E-state index in [1.54, 1.807) is 0 Å². The lowest BCUT2D eigenvalue weighted by molar-refractivity contribution is 0.292. The zero-order valence-electron chi connectivity index (χ0n) is 12.3. The van der Waals surface area contributed by atoms with E-state index in [2.05, 4.69) is 12.2 Å². The number of unbranched alkanes of at least 4 members (excludes halogenated alkanes) is 10. The molecule has 0 fully saturated rings. The van der Waals surface area contributed by atoms with Crippen LogP contribution >= 0.6 is 24.0 Å². The van der Waals surface area contributed by atoms with Crippen molar-refractivity contribution in [3.63, 3.8) is 0 Å². The van der Waals surface area contributed by atoms with Gasteiger partial charge in [-0.25, -0.2) is 0 Å². The summed E-state index contributed by atoms with van der Waals surface area (Å²) in [5.74, 6) is 0. The Balaban J connectivity index is 0. The van der Waals surface area contributed by atoms with E-state index in [0.717, 1.165) is 13.1 Å². The molecule has 2 N–H and O–H groups in total. The summed E-state index contributed by atoms with van der Waals surface area (Å²) in [5.41, 5.74) is 0. The fourth-order valence-electron chi connectivity index (χ4n) is 2.12. The van der Waals surface area contributed by atoms with E-state index >= 15 is 0 Å². The second kappa shape index (κ2) is 20.0. The smallest absolute Gasteiger partial charge is 0.0555 e. The highest BCUT2D eigenvalue weighted by atomic mass is 127. The topological polar surface area (TPSA) is 32.3 Å². The maximum atomic E-state index is 8.58. The normalized spacial score (nSPS) is 10.3. The molecule has 0 heterocycles. The van der Waals surface area contributed by atoms with Gasteiger partial charge in [0.15, 0.2) is 0 Å². The number of rotatable bonds is 14. The Bertz CT molecular complexity index is 120.